The number of carbonyl (C=O) groups excluding carboxylic acids is 1. The van der Waals surface area contributed by atoms with E-state index in [9.17, 15) is 4.79 Å². The molecule has 3 aromatic rings. The first-order chi connectivity index (χ1) is 10.7. The lowest BCUT2D eigenvalue weighted by Gasteiger charge is -2.29. The summed E-state index contributed by atoms with van der Waals surface area (Å²) in [5, 5.41) is 0. The number of H-pyrrole nitrogens is 1. The molecule has 2 aromatic heterocycles. The van der Waals surface area contributed by atoms with Gasteiger partial charge in [0.15, 0.2) is 0 Å². The number of carbonyl (C=O) groups is 1. The number of aromatic amines is 1. The maximum atomic E-state index is 12.8. The second kappa shape index (κ2) is 4.98. The van der Waals surface area contributed by atoms with E-state index in [1.165, 1.54) is 0 Å². The van der Waals surface area contributed by atoms with Crippen molar-refractivity contribution in [1.29, 1.82) is 0 Å². The molecule has 0 spiro atoms. The van der Waals surface area contributed by atoms with Crippen molar-refractivity contribution in [1.82, 2.24) is 24.4 Å². The van der Waals surface area contributed by atoms with Crippen LogP contribution in [0, 0.1) is 0 Å². The van der Waals surface area contributed by atoms with Crippen LogP contribution in [0.2, 0.25) is 0 Å². The molecule has 1 atom stereocenters. The molecule has 3 heterocycles. The summed E-state index contributed by atoms with van der Waals surface area (Å²) in [6, 6.07) is 7.61. The fourth-order valence-electron chi connectivity index (χ4n) is 3.07. The van der Waals surface area contributed by atoms with Gasteiger partial charge < -0.3 is 14.5 Å². The number of hydrogen-bond acceptors (Lipinski definition) is 3. The van der Waals surface area contributed by atoms with Crippen LogP contribution < -0.4 is 0 Å². The van der Waals surface area contributed by atoms with Crippen molar-refractivity contribution >= 4 is 16.9 Å². The highest BCUT2D eigenvalue weighted by Gasteiger charge is 2.27. The smallest absolute Gasteiger partial charge is 0.245 e. The third kappa shape index (κ3) is 1.99. The lowest BCUT2D eigenvalue weighted by molar-refractivity contribution is -0.135. The molecule has 1 N–H and O–H groups in total. The predicted molar refractivity (Wildman–Crippen MR) is 82.2 cm³/mol. The average molecular weight is 295 g/mol. The summed E-state index contributed by atoms with van der Waals surface area (Å²) in [5.41, 5.74) is 4.02. The van der Waals surface area contributed by atoms with Gasteiger partial charge in [-0.25, -0.2) is 9.97 Å². The zero-order valence-electron chi connectivity index (χ0n) is 12.4. The van der Waals surface area contributed by atoms with Gasteiger partial charge >= 0.3 is 0 Å². The third-order valence-corrected chi connectivity index (χ3v) is 4.34. The van der Waals surface area contributed by atoms with Gasteiger partial charge in [0.2, 0.25) is 5.91 Å². The Morgan fingerprint density at radius 1 is 1.32 bits per heavy atom. The number of nitrogens with zero attached hydrogens (tertiary/aromatic N) is 4. The molecule has 0 unspecified atom stereocenters. The highest BCUT2D eigenvalue weighted by atomic mass is 16.2. The molecule has 6 heteroatoms. The molecule has 22 heavy (non-hydrogen) atoms. The molecular formula is C16H17N5O. The molecule has 4 rings (SSSR count). The zero-order valence-corrected chi connectivity index (χ0v) is 12.4. The second-order valence-corrected chi connectivity index (χ2v) is 5.65. The van der Waals surface area contributed by atoms with Gasteiger partial charge in [0.1, 0.15) is 6.04 Å². The first-order valence-corrected chi connectivity index (χ1v) is 7.45. The van der Waals surface area contributed by atoms with E-state index in [4.69, 9.17) is 0 Å². The Labute approximate surface area is 127 Å². The van der Waals surface area contributed by atoms with Gasteiger partial charge in [0.05, 0.1) is 41.6 Å². The minimum absolute atomic E-state index is 0.114. The van der Waals surface area contributed by atoms with Gasteiger partial charge in [0.25, 0.3) is 0 Å². The monoisotopic (exact) mass is 295 g/mol. The summed E-state index contributed by atoms with van der Waals surface area (Å²) in [6.07, 6.45) is 4.26. The van der Waals surface area contributed by atoms with E-state index in [2.05, 4.69) is 15.0 Å². The normalized spacial score (nSPS) is 15.8. The van der Waals surface area contributed by atoms with Crippen LogP contribution in [-0.2, 0) is 17.8 Å². The topological polar surface area (TPSA) is 66.8 Å². The average Bonchev–Trinajstić information content (AvgIpc) is 3.19. The molecule has 0 saturated carbocycles. The number of benzene rings is 1. The Balaban J connectivity index is 1.60. The highest BCUT2D eigenvalue weighted by Crippen LogP contribution is 2.22. The number of rotatable bonds is 2. The third-order valence-electron chi connectivity index (χ3n) is 4.34. The van der Waals surface area contributed by atoms with E-state index in [-0.39, 0.29) is 11.9 Å². The first kappa shape index (κ1) is 13.1. The van der Waals surface area contributed by atoms with Crippen LogP contribution in [0.25, 0.3) is 11.0 Å². The molecule has 6 nitrogen and oxygen atoms in total. The lowest BCUT2D eigenvalue weighted by atomic mass is 10.1. The van der Waals surface area contributed by atoms with Crippen molar-refractivity contribution in [3.05, 3.63) is 48.3 Å². The van der Waals surface area contributed by atoms with Crippen molar-refractivity contribution in [2.45, 2.75) is 25.9 Å². The summed E-state index contributed by atoms with van der Waals surface area (Å²) >= 11 is 0. The van der Waals surface area contributed by atoms with Gasteiger partial charge in [0, 0.05) is 13.0 Å². The summed E-state index contributed by atoms with van der Waals surface area (Å²) in [7, 11) is 0. The lowest BCUT2D eigenvalue weighted by Crippen LogP contribution is -2.39. The van der Waals surface area contributed by atoms with Crippen molar-refractivity contribution in [2.75, 3.05) is 6.54 Å². The van der Waals surface area contributed by atoms with Crippen LogP contribution in [0.3, 0.4) is 0 Å². The van der Waals surface area contributed by atoms with Crippen LogP contribution >= 0.6 is 0 Å². The second-order valence-electron chi connectivity index (χ2n) is 5.65. The molecule has 1 aliphatic heterocycles. The van der Waals surface area contributed by atoms with E-state index in [1.807, 2.05) is 40.7 Å². The van der Waals surface area contributed by atoms with E-state index in [0.29, 0.717) is 13.1 Å². The molecule has 0 saturated heterocycles. The van der Waals surface area contributed by atoms with Gasteiger partial charge in [-0.15, -0.1) is 0 Å². The maximum absolute atomic E-state index is 12.8. The summed E-state index contributed by atoms with van der Waals surface area (Å²) in [6.45, 7) is 3.25. The van der Waals surface area contributed by atoms with Crippen LogP contribution in [0.15, 0.2) is 36.9 Å². The fraction of sp³-hybridized carbons (Fsp3) is 0.312. The van der Waals surface area contributed by atoms with E-state index in [1.54, 1.807) is 12.7 Å². The predicted octanol–water partition coefficient (Wildman–Crippen LogP) is 1.91. The molecule has 0 radical (unpaired) electrons. The van der Waals surface area contributed by atoms with Gasteiger partial charge in [-0.2, -0.15) is 0 Å². The Morgan fingerprint density at radius 3 is 3.09 bits per heavy atom. The quantitative estimate of drug-likeness (QED) is 0.785. The first-order valence-electron chi connectivity index (χ1n) is 7.45. The van der Waals surface area contributed by atoms with Crippen molar-refractivity contribution in [3.63, 3.8) is 0 Å². The number of nitrogens with one attached hydrogen (secondary N) is 1. The highest BCUT2D eigenvalue weighted by molar-refractivity contribution is 5.83. The summed E-state index contributed by atoms with van der Waals surface area (Å²) in [5.74, 6) is 0.114. The SMILES string of the molecule is C[C@H](C(=O)N1CCc2nc[nH]c2C1)n1cnc2ccccc21. The van der Waals surface area contributed by atoms with Crippen LogP contribution in [-0.4, -0.2) is 36.9 Å². The molecule has 0 aliphatic carbocycles. The Kier molecular flexibility index (Phi) is 2.96. The van der Waals surface area contributed by atoms with Gasteiger partial charge in [-0.1, -0.05) is 12.1 Å². The molecular weight excluding hydrogens is 278 g/mol. The van der Waals surface area contributed by atoms with E-state index in [0.717, 1.165) is 28.8 Å². The van der Waals surface area contributed by atoms with Crippen molar-refractivity contribution in [2.24, 2.45) is 0 Å². The van der Waals surface area contributed by atoms with Gasteiger partial charge in [-0.05, 0) is 19.1 Å². The Bertz CT molecular complexity index is 834. The molecule has 112 valence electrons. The minimum atomic E-state index is -0.267. The summed E-state index contributed by atoms with van der Waals surface area (Å²) < 4.78 is 1.94. The number of imidazole rings is 2. The molecule has 1 aromatic carbocycles. The number of amides is 1. The van der Waals surface area contributed by atoms with Crippen LogP contribution in [0.4, 0.5) is 0 Å². The maximum Gasteiger partial charge on any atom is 0.245 e. The number of hydrogen-bond donors (Lipinski definition) is 1. The van der Waals surface area contributed by atoms with Crippen LogP contribution in [0.5, 0.6) is 0 Å². The van der Waals surface area contributed by atoms with Gasteiger partial charge in [-0.3, -0.25) is 4.79 Å². The van der Waals surface area contributed by atoms with E-state index < -0.39 is 0 Å². The Morgan fingerprint density at radius 2 is 2.18 bits per heavy atom. The minimum Gasteiger partial charge on any atom is -0.347 e. The standard InChI is InChI=1S/C16H17N5O/c1-11(21-10-19-13-4-2-3-5-15(13)21)16(22)20-7-6-12-14(8-20)18-9-17-12/h2-5,9-11H,6-8H2,1H3,(H,17,18)/t11-/m1/s1. The largest absolute Gasteiger partial charge is 0.347 e. The number of para-hydroxylation sites is 2. The molecule has 1 aliphatic rings. The fourth-order valence-corrected chi connectivity index (χ4v) is 3.07. The Hall–Kier alpha value is -2.63. The van der Waals surface area contributed by atoms with Crippen LogP contribution in [0.1, 0.15) is 24.4 Å². The molecule has 1 amide bonds. The number of aromatic nitrogens is 4. The van der Waals surface area contributed by atoms with Crippen molar-refractivity contribution < 1.29 is 4.79 Å². The van der Waals surface area contributed by atoms with E-state index >= 15 is 0 Å². The van der Waals surface area contributed by atoms with Crippen molar-refractivity contribution in [3.8, 4) is 0 Å². The summed E-state index contributed by atoms with van der Waals surface area (Å²) in [4.78, 5) is 26.5. The number of fused-ring (bicyclic) bond motifs is 2. The zero-order chi connectivity index (χ0) is 15.1. The molecule has 0 fully saturated rings. The molecule has 0 bridgehead atoms.